The molecule has 30 heavy (non-hydrogen) atoms. The molecule has 5 rings (SSSR count). The molecule has 0 spiro atoms. The molecule has 0 aliphatic carbocycles. The third kappa shape index (κ3) is 3.65. The lowest BCUT2D eigenvalue weighted by Gasteiger charge is -2.34. The summed E-state index contributed by atoms with van der Waals surface area (Å²) in [6, 6.07) is 6.27. The number of fused-ring (bicyclic) bond motifs is 1. The van der Waals surface area contributed by atoms with Crippen LogP contribution in [0, 0.1) is 5.92 Å². The molecule has 160 valence electrons. The molecule has 2 N–H and O–H groups in total. The van der Waals surface area contributed by atoms with Crippen LogP contribution in [0.3, 0.4) is 0 Å². The molecular weight excluding hydrogens is 380 g/mol. The zero-order chi connectivity index (χ0) is 20.7. The Bertz CT molecular complexity index is 864. The summed E-state index contributed by atoms with van der Waals surface area (Å²) in [5, 5.41) is 5.84. The van der Waals surface area contributed by atoms with Crippen molar-refractivity contribution in [1.82, 2.24) is 20.4 Å². The zero-order valence-corrected chi connectivity index (χ0v) is 17.4. The number of rotatable bonds is 4. The van der Waals surface area contributed by atoms with Crippen LogP contribution in [-0.4, -0.2) is 59.2 Å². The maximum absolute atomic E-state index is 12.9. The number of carbonyl (C=O) groups is 3. The number of hydrogen-bond acceptors (Lipinski definition) is 5. The first-order valence-electron chi connectivity index (χ1n) is 11.3. The molecule has 1 aromatic carbocycles. The van der Waals surface area contributed by atoms with E-state index in [-0.39, 0.29) is 24.1 Å². The van der Waals surface area contributed by atoms with E-state index in [4.69, 9.17) is 0 Å². The number of imide groups is 1. The van der Waals surface area contributed by atoms with E-state index in [0.717, 1.165) is 37.7 Å². The number of nitrogens with zero attached hydrogens (tertiary/aromatic N) is 2. The standard InChI is InChI=1S/C23H30N4O3/c28-21-6-5-20(22(29)25-21)27-14-17-12-15(3-4-18(17)23(27)30)13-26-11-1-2-19(26)16-7-9-24-10-8-16/h3-4,12,16,19-20,24H,1-2,5-11,13-14H2,(H,25,28,29). The first-order chi connectivity index (χ1) is 14.6. The molecule has 4 heterocycles. The van der Waals surface area contributed by atoms with Crippen LogP contribution in [0.1, 0.15) is 60.0 Å². The van der Waals surface area contributed by atoms with Crippen molar-refractivity contribution >= 4 is 17.7 Å². The van der Waals surface area contributed by atoms with Crippen molar-refractivity contribution in [3.63, 3.8) is 0 Å². The van der Waals surface area contributed by atoms with Crippen molar-refractivity contribution < 1.29 is 14.4 Å². The average Bonchev–Trinajstić information content (AvgIpc) is 3.33. The third-order valence-corrected chi connectivity index (χ3v) is 7.32. The summed E-state index contributed by atoms with van der Waals surface area (Å²) in [6.45, 7) is 4.78. The lowest BCUT2D eigenvalue weighted by atomic mass is 9.88. The van der Waals surface area contributed by atoms with Gasteiger partial charge >= 0.3 is 0 Å². The van der Waals surface area contributed by atoms with Gasteiger partial charge in [0.1, 0.15) is 6.04 Å². The van der Waals surface area contributed by atoms with Gasteiger partial charge in [-0.1, -0.05) is 12.1 Å². The van der Waals surface area contributed by atoms with Gasteiger partial charge in [-0.15, -0.1) is 0 Å². The van der Waals surface area contributed by atoms with E-state index in [2.05, 4.69) is 27.7 Å². The number of likely N-dealkylation sites (tertiary alicyclic amines) is 1. The van der Waals surface area contributed by atoms with Crippen molar-refractivity contribution in [3.8, 4) is 0 Å². The molecule has 2 unspecified atom stereocenters. The van der Waals surface area contributed by atoms with Crippen molar-refractivity contribution in [3.05, 3.63) is 34.9 Å². The topological polar surface area (TPSA) is 81.8 Å². The van der Waals surface area contributed by atoms with E-state index in [1.54, 1.807) is 4.90 Å². The van der Waals surface area contributed by atoms with Crippen LogP contribution in [0.4, 0.5) is 0 Å². The van der Waals surface area contributed by atoms with Gasteiger partial charge in [-0.3, -0.25) is 24.6 Å². The van der Waals surface area contributed by atoms with E-state index in [9.17, 15) is 14.4 Å². The van der Waals surface area contributed by atoms with E-state index in [1.165, 1.54) is 31.2 Å². The van der Waals surface area contributed by atoms with Crippen LogP contribution < -0.4 is 10.6 Å². The summed E-state index contributed by atoms with van der Waals surface area (Å²) in [5.41, 5.74) is 2.94. The lowest BCUT2D eigenvalue weighted by molar-refractivity contribution is -0.136. The maximum atomic E-state index is 12.9. The highest BCUT2D eigenvalue weighted by Crippen LogP contribution is 2.32. The fourth-order valence-corrected chi connectivity index (χ4v) is 5.77. The molecule has 0 saturated carbocycles. The monoisotopic (exact) mass is 410 g/mol. The molecule has 3 saturated heterocycles. The predicted molar refractivity (Wildman–Crippen MR) is 112 cm³/mol. The van der Waals surface area contributed by atoms with Gasteiger partial charge in [0, 0.05) is 31.1 Å². The lowest BCUT2D eigenvalue weighted by Crippen LogP contribution is -2.52. The summed E-state index contributed by atoms with van der Waals surface area (Å²) in [7, 11) is 0. The first-order valence-corrected chi connectivity index (χ1v) is 11.3. The molecule has 1 aromatic rings. The van der Waals surface area contributed by atoms with Crippen LogP contribution in [0.5, 0.6) is 0 Å². The van der Waals surface area contributed by atoms with Crippen molar-refractivity contribution in [2.75, 3.05) is 19.6 Å². The minimum absolute atomic E-state index is 0.0974. The van der Waals surface area contributed by atoms with Crippen LogP contribution in [0.2, 0.25) is 0 Å². The number of piperidine rings is 2. The number of nitrogens with one attached hydrogen (secondary N) is 2. The molecule has 4 aliphatic rings. The Kier molecular flexibility index (Phi) is 5.33. The molecule has 4 aliphatic heterocycles. The molecule has 3 fully saturated rings. The zero-order valence-electron chi connectivity index (χ0n) is 17.4. The molecule has 3 amide bonds. The molecule has 0 aromatic heterocycles. The molecular formula is C23H30N4O3. The minimum atomic E-state index is -0.547. The number of carbonyl (C=O) groups excluding carboxylic acids is 3. The quantitative estimate of drug-likeness (QED) is 0.734. The Morgan fingerprint density at radius 2 is 1.87 bits per heavy atom. The second kappa shape index (κ2) is 8.12. The number of amides is 3. The fraction of sp³-hybridized carbons (Fsp3) is 0.609. The van der Waals surface area contributed by atoms with Gasteiger partial charge in [0.05, 0.1) is 0 Å². The molecule has 7 heteroatoms. The summed E-state index contributed by atoms with van der Waals surface area (Å²) >= 11 is 0. The maximum Gasteiger partial charge on any atom is 0.255 e. The van der Waals surface area contributed by atoms with Crippen molar-refractivity contribution in [2.45, 2.75) is 63.7 Å². The van der Waals surface area contributed by atoms with E-state index in [0.29, 0.717) is 24.6 Å². The van der Waals surface area contributed by atoms with Gasteiger partial charge < -0.3 is 10.2 Å². The fourth-order valence-electron chi connectivity index (χ4n) is 5.77. The summed E-state index contributed by atoms with van der Waals surface area (Å²) < 4.78 is 0. The third-order valence-electron chi connectivity index (χ3n) is 7.32. The summed E-state index contributed by atoms with van der Waals surface area (Å²) in [6.07, 6.45) is 5.78. The minimum Gasteiger partial charge on any atom is -0.322 e. The molecule has 7 nitrogen and oxygen atoms in total. The van der Waals surface area contributed by atoms with E-state index >= 15 is 0 Å². The van der Waals surface area contributed by atoms with Crippen LogP contribution in [-0.2, 0) is 22.7 Å². The normalized spacial score (nSPS) is 28.1. The Hall–Kier alpha value is -2.25. The Labute approximate surface area is 177 Å². The van der Waals surface area contributed by atoms with E-state index < -0.39 is 6.04 Å². The number of benzene rings is 1. The SMILES string of the molecule is O=C1CCC(N2Cc3cc(CN4CCCC4C4CCNCC4)ccc3C2=O)C(=O)N1. The summed E-state index contributed by atoms with van der Waals surface area (Å²) in [4.78, 5) is 40.8. The average molecular weight is 411 g/mol. The number of hydrogen-bond donors (Lipinski definition) is 2. The van der Waals surface area contributed by atoms with Gasteiger partial charge in [0.2, 0.25) is 11.8 Å². The summed E-state index contributed by atoms with van der Waals surface area (Å²) in [5.74, 6) is 0.0821. The first kappa shape index (κ1) is 19.7. The van der Waals surface area contributed by atoms with Gasteiger partial charge in [0.25, 0.3) is 5.91 Å². The molecule has 2 atom stereocenters. The van der Waals surface area contributed by atoms with Gasteiger partial charge in [0.15, 0.2) is 0 Å². The molecule has 0 radical (unpaired) electrons. The molecule has 0 bridgehead atoms. The Morgan fingerprint density at radius 1 is 1.03 bits per heavy atom. The van der Waals surface area contributed by atoms with Crippen molar-refractivity contribution in [2.24, 2.45) is 5.92 Å². The predicted octanol–water partition coefficient (Wildman–Crippen LogP) is 1.41. The Balaban J connectivity index is 1.28. The smallest absolute Gasteiger partial charge is 0.255 e. The highest BCUT2D eigenvalue weighted by molar-refractivity contribution is 6.05. The second-order valence-corrected chi connectivity index (χ2v) is 9.16. The largest absolute Gasteiger partial charge is 0.322 e. The highest BCUT2D eigenvalue weighted by Gasteiger charge is 2.39. The van der Waals surface area contributed by atoms with Gasteiger partial charge in [-0.25, -0.2) is 0 Å². The van der Waals surface area contributed by atoms with Crippen LogP contribution in [0.25, 0.3) is 0 Å². The van der Waals surface area contributed by atoms with E-state index in [1.807, 2.05) is 6.07 Å². The Morgan fingerprint density at radius 3 is 2.67 bits per heavy atom. The van der Waals surface area contributed by atoms with Gasteiger partial charge in [-0.05, 0) is 74.8 Å². The van der Waals surface area contributed by atoms with Crippen molar-refractivity contribution in [1.29, 1.82) is 0 Å². The van der Waals surface area contributed by atoms with Crippen LogP contribution in [0.15, 0.2) is 18.2 Å². The van der Waals surface area contributed by atoms with Gasteiger partial charge in [-0.2, -0.15) is 0 Å². The van der Waals surface area contributed by atoms with Crippen LogP contribution >= 0.6 is 0 Å². The highest BCUT2D eigenvalue weighted by atomic mass is 16.2. The second-order valence-electron chi connectivity index (χ2n) is 9.16.